The van der Waals surface area contributed by atoms with E-state index in [0.29, 0.717) is 19.4 Å². The van der Waals surface area contributed by atoms with Crippen LogP contribution in [0.1, 0.15) is 67.2 Å². The van der Waals surface area contributed by atoms with Gasteiger partial charge in [-0.05, 0) is 60.8 Å². The molecule has 2 heterocycles. The van der Waals surface area contributed by atoms with Crippen LogP contribution in [0.5, 0.6) is 0 Å². The van der Waals surface area contributed by atoms with Gasteiger partial charge in [-0.2, -0.15) is 0 Å². The Morgan fingerprint density at radius 2 is 1.94 bits per heavy atom. The summed E-state index contributed by atoms with van der Waals surface area (Å²) in [4.78, 5) is 24.0. The van der Waals surface area contributed by atoms with Crippen molar-refractivity contribution >= 4 is 11.8 Å². The van der Waals surface area contributed by atoms with Gasteiger partial charge in [-0.15, -0.1) is 0 Å². The molecule has 6 unspecified atom stereocenters. The lowest BCUT2D eigenvalue weighted by molar-refractivity contribution is -0.171. The molecule has 176 valence electrons. The molecule has 1 aliphatic carbocycles. The summed E-state index contributed by atoms with van der Waals surface area (Å²) in [5.41, 5.74) is 0.226. The molecule has 7 heteroatoms. The highest BCUT2D eigenvalue weighted by molar-refractivity contribution is 5.77. The number of carbonyl (C=O) groups excluding carboxylic acids is 2. The molecule has 0 bridgehead atoms. The maximum atomic E-state index is 12.6. The summed E-state index contributed by atoms with van der Waals surface area (Å²) < 4.78 is 23.9. The van der Waals surface area contributed by atoms with Crippen LogP contribution in [0.4, 0.5) is 0 Å². The van der Waals surface area contributed by atoms with Gasteiger partial charge in [0, 0.05) is 19.1 Å². The summed E-state index contributed by atoms with van der Waals surface area (Å²) in [6.07, 6.45) is 4.44. The first kappa shape index (κ1) is 24.4. The van der Waals surface area contributed by atoms with Crippen LogP contribution in [0.15, 0.2) is 11.6 Å². The molecule has 3 aliphatic rings. The number of rotatable bonds is 10. The molecule has 0 aromatic carbocycles. The van der Waals surface area contributed by atoms with Gasteiger partial charge in [0.05, 0.1) is 25.2 Å². The number of hydrogen-bond donors (Lipinski definition) is 1. The van der Waals surface area contributed by atoms with Crippen LogP contribution < -0.4 is 5.32 Å². The van der Waals surface area contributed by atoms with Crippen molar-refractivity contribution in [2.75, 3.05) is 20.3 Å². The second-order valence-corrected chi connectivity index (χ2v) is 10.5. The summed E-state index contributed by atoms with van der Waals surface area (Å²) in [7, 11) is 1.67. The molecule has 31 heavy (non-hydrogen) atoms. The molecule has 0 amide bonds. The maximum absolute atomic E-state index is 12.6. The van der Waals surface area contributed by atoms with Crippen molar-refractivity contribution in [1.29, 1.82) is 0 Å². The van der Waals surface area contributed by atoms with E-state index in [1.165, 1.54) is 5.57 Å². The van der Waals surface area contributed by atoms with Gasteiger partial charge >= 0.3 is 5.97 Å². The van der Waals surface area contributed by atoms with Crippen molar-refractivity contribution in [3.63, 3.8) is 0 Å². The maximum Gasteiger partial charge on any atom is 0.320 e. The van der Waals surface area contributed by atoms with Gasteiger partial charge in [0.2, 0.25) is 0 Å². The Balaban J connectivity index is 1.64. The lowest BCUT2D eigenvalue weighted by Crippen LogP contribution is -2.56. The first-order valence-corrected chi connectivity index (χ1v) is 11.3. The van der Waals surface area contributed by atoms with Crippen molar-refractivity contribution in [3.8, 4) is 0 Å². The molecule has 1 N–H and O–H groups in total. The van der Waals surface area contributed by atoms with Crippen LogP contribution in [0.2, 0.25) is 0 Å². The smallest absolute Gasteiger partial charge is 0.320 e. The normalized spacial score (nSPS) is 36.7. The zero-order chi connectivity index (χ0) is 23.0. The highest BCUT2D eigenvalue weighted by Gasteiger charge is 2.72. The summed E-state index contributed by atoms with van der Waals surface area (Å²) >= 11 is 0. The average Bonchev–Trinajstić information content (AvgIpc) is 3.56. The minimum Gasteiger partial charge on any atom is -0.459 e. The lowest BCUT2D eigenvalue weighted by atomic mass is 9.68. The van der Waals surface area contributed by atoms with E-state index in [1.807, 2.05) is 13.8 Å². The predicted molar refractivity (Wildman–Crippen MR) is 117 cm³/mol. The van der Waals surface area contributed by atoms with E-state index in [-0.39, 0.29) is 53.7 Å². The standard InChI is InChI=1S/C24H39NO6/c1-15(2)8-9-18-23(6,31-18)21-20(28-7)17(10-11-24(21)14-29-24)30-19(27)13-25-22(4,5)12-16(3)26/h8,17-18,20-21,25H,9-14H2,1-7H3. The predicted octanol–water partition coefficient (Wildman–Crippen LogP) is 2.95. The van der Waals surface area contributed by atoms with E-state index < -0.39 is 5.54 Å². The monoisotopic (exact) mass is 437 g/mol. The number of epoxide rings is 2. The quantitative estimate of drug-likeness (QED) is 0.319. The van der Waals surface area contributed by atoms with Crippen LogP contribution in [-0.2, 0) is 28.5 Å². The molecule has 3 rings (SSSR count). The minimum atomic E-state index is -0.458. The number of ether oxygens (including phenoxy) is 4. The molecule has 3 fully saturated rings. The third-order valence-corrected chi connectivity index (χ3v) is 6.92. The van der Waals surface area contributed by atoms with E-state index in [2.05, 4.69) is 32.2 Å². The van der Waals surface area contributed by atoms with Crippen LogP contribution in [0, 0.1) is 5.92 Å². The number of allylic oxidation sites excluding steroid dienone is 1. The van der Waals surface area contributed by atoms with Crippen molar-refractivity contribution in [2.24, 2.45) is 5.92 Å². The first-order chi connectivity index (χ1) is 14.4. The van der Waals surface area contributed by atoms with Gasteiger partial charge in [0.15, 0.2) is 0 Å². The van der Waals surface area contributed by atoms with E-state index >= 15 is 0 Å². The van der Waals surface area contributed by atoms with Crippen molar-refractivity contribution < 1.29 is 28.5 Å². The molecule has 1 saturated carbocycles. The highest BCUT2D eigenvalue weighted by atomic mass is 16.6. The largest absolute Gasteiger partial charge is 0.459 e. The summed E-state index contributed by atoms with van der Waals surface area (Å²) in [5, 5.41) is 3.14. The molecule has 2 saturated heterocycles. The number of carbonyl (C=O) groups is 2. The molecule has 2 aliphatic heterocycles. The number of ketones is 1. The molecule has 6 atom stereocenters. The Hall–Kier alpha value is -1.28. The van der Waals surface area contributed by atoms with Crippen molar-refractivity contribution in [1.82, 2.24) is 5.32 Å². The van der Waals surface area contributed by atoms with Gasteiger partial charge in [0.25, 0.3) is 0 Å². The molecule has 0 radical (unpaired) electrons. The third kappa shape index (κ3) is 5.56. The fourth-order valence-corrected chi connectivity index (χ4v) is 5.28. The zero-order valence-electron chi connectivity index (χ0n) is 20.1. The van der Waals surface area contributed by atoms with Crippen molar-refractivity contribution in [3.05, 3.63) is 11.6 Å². The van der Waals surface area contributed by atoms with Gasteiger partial charge in [-0.25, -0.2) is 0 Å². The van der Waals surface area contributed by atoms with E-state index in [9.17, 15) is 9.59 Å². The SMILES string of the molecule is COC1C(OC(=O)CNC(C)(C)CC(C)=O)CCC2(CO2)C1C1(C)OC1CC=C(C)C. The molecular weight excluding hydrogens is 398 g/mol. The van der Waals surface area contributed by atoms with Gasteiger partial charge < -0.3 is 24.3 Å². The summed E-state index contributed by atoms with van der Waals surface area (Å²) in [6.45, 7) is 12.4. The van der Waals surface area contributed by atoms with Gasteiger partial charge in [0.1, 0.15) is 29.2 Å². The fourth-order valence-electron chi connectivity index (χ4n) is 5.28. The van der Waals surface area contributed by atoms with E-state index in [1.54, 1.807) is 14.0 Å². The molecule has 0 aromatic heterocycles. The summed E-state index contributed by atoms with van der Waals surface area (Å²) in [5.74, 6) is -0.247. The number of nitrogens with one attached hydrogen (secondary N) is 1. The number of methoxy groups -OCH3 is 1. The van der Waals surface area contributed by atoms with Crippen LogP contribution in [0.25, 0.3) is 0 Å². The lowest BCUT2D eigenvalue weighted by Gasteiger charge is -2.42. The second-order valence-electron chi connectivity index (χ2n) is 10.5. The van der Waals surface area contributed by atoms with E-state index in [4.69, 9.17) is 18.9 Å². The Morgan fingerprint density at radius 3 is 2.48 bits per heavy atom. The van der Waals surface area contributed by atoms with Crippen LogP contribution in [0.3, 0.4) is 0 Å². The van der Waals surface area contributed by atoms with Crippen LogP contribution >= 0.6 is 0 Å². The Bertz CT molecular complexity index is 724. The summed E-state index contributed by atoms with van der Waals surface area (Å²) in [6, 6.07) is 0. The number of Topliss-reactive ketones (excluding diaryl/α,β-unsaturated/α-hetero) is 1. The first-order valence-electron chi connectivity index (χ1n) is 11.3. The number of esters is 1. The van der Waals surface area contributed by atoms with Crippen LogP contribution in [-0.4, -0.2) is 67.1 Å². The Labute approximate surface area is 186 Å². The fraction of sp³-hybridized carbons (Fsp3) is 0.833. The molecule has 7 nitrogen and oxygen atoms in total. The zero-order valence-corrected chi connectivity index (χ0v) is 20.1. The Morgan fingerprint density at radius 1 is 1.26 bits per heavy atom. The third-order valence-electron chi connectivity index (χ3n) is 6.92. The van der Waals surface area contributed by atoms with E-state index in [0.717, 1.165) is 12.8 Å². The molecule has 1 spiro atoms. The Kier molecular flexibility index (Phi) is 7.02. The van der Waals surface area contributed by atoms with Gasteiger partial charge in [-0.3, -0.25) is 9.59 Å². The topological polar surface area (TPSA) is 89.7 Å². The minimum absolute atomic E-state index is 0.00854. The second kappa shape index (κ2) is 8.93. The molecular formula is C24H39NO6. The molecule has 0 aromatic rings. The highest BCUT2D eigenvalue weighted by Crippen LogP contribution is 2.59. The average molecular weight is 438 g/mol. The van der Waals surface area contributed by atoms with Crippen molar-refractivity contribution in [2.45, 2.75) is 102 Å². The van der Waals surface area contributed by atoms with Gasteiger partial charge in [-0.1, -0.05) is 11.6 Å². The number of hydrogen-bond acceptors (Lipinski definition) is 7.